The van der Waals surface area contributed by atoms with Crippen LogP contribution in [0.1, 0.15) is 38.3 Å². The molecule has 1 aromatic heterocycles. The summed E-state index contributed by atoms with van der Waals surface area (Å²) in [6.45, 7) is 6.38. The molecule has 3 rings (SSSR count). The molecule has 34 heavy (non-hydrogen) atoms. The molecule has 2 aliphatic heterocycles. The maximum Gasteiger partial charge on any atom is 0.265 e. The first kappa shape index (κ1) is 26.0. The van der Waals surface area contributed by atoms with Crippen LogP contribution in [0.25, 0.3) is 0 Å². The molecule has 2 atom stereocenters. The molecule has 9 heteroatoms. The van der Waals surface area contributed by atoms with E-state index in [1.165, 1.54) is 6.33 Å². The highest BCUT2D eigenvalue weighted by Gasteiger charge is 2.21. The van der Waals surface area contributed by atoms with E-state index in [9.17, 15) is 9.18 Å². The van der Waals surface area contributed by atoms with E-state index in [0.717, 1.165) is 25.8 Å². The van der Waals surface area contributed by atoms with E-state index in [4.69, 9.17) is 4.74 Å². The zero-order valence-corrected chi connectivity index (χ0v) is 20.7. The Hall–Kier alpha value is -2.65. The minimum absolute atomic E-state index is 0.0953. The summed E-state index contributed by atoms with van der Waals surface area (Å²) < 4.78 is 19.6. The second-order valence-corrected chi connectivity index (χ2v) is 9.21. The molecule has 0 saturated carbocycles. The number of amides is 1. The van der Waals surface area contributed by atoms with Crippen molar-refractivity contribution in [3.63, 3.8) is 0 Å². The summed E-state index contributed by atoms with van der Waals surface area (Å²) in [5.74, 6) is 0.545. The molecule has 3 heterocycles. The van der Waals surface area contributed by atoms with Crippen molar-refractivity contribution >= 4 is 23.1 Å². The van der Waals surface area contributed by atoms with Gasteiger partial charge in [0.2, 0.25) is 0 Å². The summed E-state index contributed by atoms with van der Waals surface area (Å²) in [7, 11) is 4.06. The first-order chi connectivity index (χ1) is 16.3. The number of nitrogens with one attached hydrogen (secondary N) is 1. The van der Waals surface area contributed by atoms with E-state index in [1.54, 1.807) is 13.0 Å². The number of carbonyl (C=O) groups is 1. The zero-order chi connectivity index (χ0) is 24.5. The molecule has 1 saturated heterocycles. The molecule has 1 fully saturated rings. The van der Waals surface area contributed by atoms with Crippen LogP contribution in [0.4, 0.5) is 15.9 Å². The molecule has 186 valence electrons. The Kier molecular flexibility index (Phi) is 9.71. The number of aliphatic imine (C=N–C) groups is 1. The summed E-state index contributed by atoms with van der Waals surface area (Å²) >= 11 is 0. The lowest BCUT2D eigenvalue weighted by Crippen LogP contribution is -2.41. The van der Waals surface area contributed by atoms with E-state index in [2.05, 4.69) is 25.2 Å². The van der Waals surface area contributed by atoms with E-state index < -0.39 is 6.17 Å². The molecule has 2 aliphatic rings. The number of alkyl halides is 1. The zero-order valence-electron chi connectivity index (χ0n) is 20.7. The monoisotopic (exact) mass is 472 g/mol. The lowest BCUT2D eigenvalue weighted by atomic mass is 10.0. The van der Waals surface area contributed by atoms with Crippen LogP contribution in [0.2, 0.25) is 0 Å². The van der Waals surface area contributed by atoms with Gasteiger partial charge in [-0.15, -0.1) is 0 Å². The summed E-state index contributed by atoms with van der Waals surface area (Å²) in [6, 6.07) is 0.0953. The number of rotatable bonds is 7. The van der Waals surface area contributed by atoms with E-state index in [0.29, 0.717) is 49.1 Å². The van der Waals surface area contributed by atoms with Gasteiger partial charge in [-0.3, -0.25) is 4.79 Å². The van der Waals surface area contributed by atoms with Crippen LogP contribution < -0.4 is 10.2 Å². The quantitative estimate of drug-likeness (QED) is 0.484. The second kappa shape index (κ2) is 12.7. The molecular weight excluding hydrogens is 435 g/mol. The number of carbonyl (C=O) groups excluding carboxylic acids is 1. The molecule has 2 unspecified atom stereocenters. The van der Waals surface area contributed by atoms with Gasteiger partial charge in [-0.25, -0.2) is 19.4 Å². The maximum absolute atomic E-state index is 14.2. The number of aryl methyl sites for hydroxylation is 1. The largest absolute Gasteiger partial charge is 0.381 e. The summed E-state index contributed by atoms with van der Waals surface area (Å²) in [6.07, 6.45) is 10.6. The predicted molar refractivity (Wildman–Crippen MR) is 133 cm³/mol. The highest BCUT2D eigenvalue weighted by Crippen LogP contribution is 2.31. The van der Waals surface area contributed by atoms with E-state index >= 15 is 0 Å². The standard InChI is InChI=1S/C25H37FN6O2/c1-18-23(29-19(2)25(33)30-22-10-14-34-15-11-22)24(28-17-27-18)32-12-5-6-21(26)8-7-20(16-32)9-13-31(3)4/h5,7-8,12,17,20-22H,6,9-11,13-16H2,1-4H3,(H,30,33)/b8-7+,12-5+,29-19+. The average Bonchev–Trinajstić information content (AvgIpc) is 2.90. The number of allylic oxidation sites excluding steroid dienone is 2. The third-order valence-corrected chi connectivity index (χ3v) is 6.04. The number of hydrogen-bond donors (Lipinski definition) is 1. The Labute approximate surface area is 202 Å². The third-order valence-electron chi connectivity index (χ3n) is 6.04. The molecular formula is C25H37FN6O2. The molecule has 0 aliphatic carbocycles. The molecule has 0 spiro atoms. The van der Waals surface area contributed by atoms with Gasteiger partial charge in [-0.05, 0) is 59.7 Å². The lowest BCUT2D eigenvalue weighted by Gasteiger charge is -2.26. The molecule has 1 aromatic rings. The average molecular weight is 473 g/mol. The molecule has 1 N–H and O–H groups in total. The Bertz CT molecular complexity index is 911. The molecule has 0 bridgehead atoms. The second-order valence-electron chi connectivity index (χ2n) is 9.21. The number of halogens is 1. The molecule has 0 aromatic carbocycles. The topological polar surface area (TPSA) is 83.0 Å². The molecule has 0 radical (unpaired) electrons. The van der Waals surface area contributed by atoms with Crippen LogP contribution in [0.15, 0.2) is 35.7 Å². The van der Waals surface area contributed by atoms with Gasteiger partial charge >= 0.3 is 0 Å². The number of aromatic nitrogens is 2. The van der Waals surface area contributed by atoms with Crippen molar-refractivity contribution in [3.05, 3.63) is 36.4 Å². The van der Waals surface area contributed by atoms with Gasteiger partial charge < -0.3 is 19.9 Å². The summed E-state index contributed by atoms with van der Waals surface area (Å²) in [4.78, 5) is 30.4. The summed E-state index contributed by atoms with van der Waals surface area (Å²) in [5, 5.41) is 3.05. The highest BCUT2D eigenvalue weighted by molar-refractivity contribution is 6.38. The molecule has 1 amide bonds. The fourth-order valence-corrected chi connectivity index (χ4v) is 3.96. The van der Waals surface area contributed by atoms with Gasteiger partial charge in [-0.2, -0.15) is 0 Å². The number of hydrogen-bond acceptors (Lipinski definition) is 7. The third kappa shape index (κ3) is 7.70. The summed E-state index contributed by atoms with van der Waals surface area (Å²) in [5.41, 5.74) is 1.59. The van der Waals surface area contributed by atoms with Crippen molar-refractivity contribution in [1.82, 2.24) is 20.2 Å². The first-order valence-electron chi connectivity index (χ1n) is 12.0. The lowest BCUT2D eigenvalue weighted by molar-refractivity contribution is -0.116. The normalized spacial score (nSPS) is 24.3. The SMILES string of the molecule is C/C(=N\c1c(C)ncnc1N1/C=C/CC(F)/C=C/C(CCN(C)C)C1)C(=O)NC1CCOCC1. The number of anilines is 1. The first-order valence-corrected chi connectivity index (χ1v) is 12.0. The number of nitrogens with zero attached hydrogens (tertiary/aromatic N) is 5. The number of ether oxygens (including phenoxy) is 1. The van der Waals surface area contributed by atoms with Crippen LogP contribution in [-0.2, 0) is 9.53 Å². The van der Waals surface area contributed by atoms with Crippen molar-refractivity contribution in [2.45, 2.75) is 51.7 Å². The van der Waals surface area contributed by atoms with Gasteiger partial charge in [0.1, 0.15) is 23.9 Å². The van der Waals surface area contributed by atoms with Crippen molar-refractivity contribution in [3.8, 4) is 0 Å². The van der Waals surface area contributed by atoms with Crippen LogP contribution >= 0.6 is 0 Å². The van der Waals surface area contributed by atoms with Crippen molar-refractivity contribution in [2.75, 3.05) is 45.3 Å². The Morgan fingerprint density at radius 2 is 2.06 bits per heavy atom. The minimum atomic E-state index is -1.01. The molecule has 8 nitrogen and oxygen atoms in total. The highest BCUT2D eigenvalue weighted by atomic mass is 19.1. The van der Waals surface area contributed by atoms with Crippen LogP contribution in [0.5, 0.6) is 0 Å². The van der Waals surface area contributed by atoms with Crippen molar-refractivity contribution in [1.29, 1.82) is 0 Å². The van der Waals surface area contributed by atoms with Crippen molar-refractivity contribution in [2.24, 2.45) is 10.9 Å². The maximum atomic E-state index is 14.2. The van der Waals surface area contributed by atoms with E-state index in [1.807, 2.05) is 44.3 Å². The van der Waals surface area contributed by atoms with Crippen LogP contribution in [0, 0.1) is 12.8 Å². The van der Waals surface area contributed by atoms with Crippen LogP contribution in [-0.4, -0.2) is 79.1 Å². The Balaban J connectivity index is 1.86. The van der Waals surface area contributed by atoms with Gasteiger partial charge in [0.15, 0.2) is 5.82 Å². The van der Waals surface area contributed by atoms with Gasteiger partial charge in [0, 0.05) is 38.4 Å². The smallest absolute Gasteiger partial charge is 0.265 e. The fraction of sp³-hybridized carbons (Fsp3) is 0.600. The predicted octanol–water partition coefficient (Wildman–Crippen LogP) is 3.36. The fourth-order valence-electron chi connectivity index (χ4n) is 3.96. The Morgan fingerprint density at radius 3 is 2.79 bits per heavy atom. The van der Waals surface area contributed by atoms with Gasteiger partial charge in [0.05, 0.1) is 5.69 Å². The van der Waals surface area contributed by atoms with Gasteiger partial charge in [0.25, 0.3) is 5.91 Å². The van der Waals surface area contributed by atoms with Crippen LogP contribution in [0.3, 0.4) is 0 Å². The minimum Gasteiger partial charge on any atom is -0.381 e. The Morgan fingerprint density at radius 1 is 1.29 bits per heavy atom. The van der Waals surface area contributed by atoms with Crippen molar-refractivity contribution < 1.29 is 13.9 Å². The van der Waals surface area contributed by atoms with Gasteiger partial charge in [-0.1, -0.05) is 18.2 Å². The van der Waals surface area contributed by atoms with E-state index in [-0.39, 0.29) is 17.9 Å².